The first-order chi connectivity index (χ1) is 10.5. The van der Waals surface area contributed by atoms with Gasteiger partial charge in [-0.15, -0.1) is 0 Å². The fourth-order valence-electron chi connectivity index (χ4n) is 2.39. The third-order valence-corrected chi connectivity index (χ3v) is 4.46. The van der Waals surface area contributed by atoms with Crippen LogP contribution in [0.15, 0.2) is 41.1 Å². The van der Waals surface area contributed by atoms with Crippen molar-refractivity contribution >= 4 is 44.3 Å². The molecule has 120 valence electrons. The van der Waals surface area contributed by atoms with Crippen molar-refractivity contribution in [3.8, 4) is 0 Å². The van der Waals surface area contributed by atoms with Crippen molar-refractivity contribution in [1.82, 2.24) is 9.55 Å². The van der Waals surface area contributed by atoms with Crippen LogP contribution in [0, 0.1) is 6.92 Å². The molecule has 0 aliphatic carbocycles. The number of aryl methyl sites for hydroxylation is 2. The smallest absolute Gasteiger partial charge is 0.227 e. The van der Waals surface area contributed by atoms with Crippen molar-refractivity contribution in [2.75, 3.05) is 0 Å². The van der Waals surface area contributed by atoms with Crippen LogP contribution in [-0.2, 0) is 13.6 Å². The summed E-state index contributed by atoms with van der Waals surface area (Å²) in [7, 11) is 1.97. The van der Waals surface area contributed by atoms with Gasteiger partial charge in [0.2, 0.25) is 12.3 Å². The van der Waals surface area contributed by atoms with Gasteiger partial charge in [-0.05, 0) is 47.1 Å². The highest BCUT2D eigenvalue weighted by molar-refractivity contribution is 9.10. The topological polar surface area (TPSA) is 38.8 Å². The van der Waals surface area contributed by atoms with Crippen molar-refractivity contribution in [2.24, 2.45) is 7.05 Å². The van der Waals surface area contributed by atoms with Gasteiger partial charge < -0.3 is 21.5 Å². The maximum Gasteiger partial charge on any atom is 0.227 e. The van der Waals surface area contributed by atoms with Crippen LogP contribution < -0.4 is 21.5 Å². The summed E-state index contributed by atoms with van der Waals surface area (Å²) in [5, 5.41) is 0.623. The number of Topliss-reactive ketones (excluding diaryl/α,β-unsaturated/α-hetero) is 1. The standard InChI is InChI=1S/C16H14BrClN3O.BrH/c1-10-19-14-8-21(7-13(17)16(14)20(10)2)9-15(22)11-3-5-12(18)6-4-11;/h3-8H,9H2,1-2H3;1H/q+1;/p-1. The summed E-state index contributed by atoms with van der Waals surface area (Å²) in [5.74, 6) is 0.957. The minimum atomic E-state index is 0. The quantitative estimate of drug-likeness (QED) is 0.422. The first-order valence-electron chi connectivity index (χ1n) is 6.76. The van der Waals surface area contributed by atoms with Crippen LogP contribution in [0.5, 0.6) is 0 Å². The fourth-order valence-corrected chi connectivity index (χ4v) is 3.25. The molecular weight excluding hydrogens is 445 g/mol. The van der Waals surface area contributed by atoms with E-state index in [1.807, 2.05) is 35.5 Å². The van der Waals surface area contributed by atoms with Crippen molar-refractivity contribution in [1.29, 1.82) is 0 Å². The van der Waals surface area contributed by atoms with Crippen LogP contribution >= 0.6 is 27.5 Å². The first kappa shape index (κ1) is 18.1. The van der Waals surface area contributed by atoms with E-state index in [-0.39, 0.29) is 29.3 Å². The second-order valence-corrected chi connectivity index (χ2v) is 6.45. The lowest BCUT2D eigenvalue weighted by Crippen LogP contribution is -3.00. The van der Waals surface area contributed by atoms with Crippen LogP contribution in [-0.4, -0.2) is 15.3 Å². The molecule has 3 rings (SSSR count). The number of ketones is 1. The summed E-state index contributed by atoms with van der Waals surface area (Å²) >= 11 is 9.40. The molecule has 2 aromatic heterocycles. The molecule has 0 radical (unpaired) electrons. The minimum Gasteiger partial charge on any atom is -1.00 e. The van der Waals surface area contributed by atoms with Crippen molar-refractivity contribution in [3.63, 3.8) is 0 Å². The molecule has 0 aliphatic rings. The lowest BCUT2D eigenvalue weighted by Gasteiger charge is -2.01. The highest BCUT2D eigenvalue weighted by Gasteiger charge is 2.17. The molecule has 4 nitrogen and oxygen atoms in total. The molecule has 0 saturated carbocycles. The highest BCUT2D eigenvalue weighted by Crippen LogP contribution is 2.22. The number of halogens is 3. The number of carbonyl (C=O) groups excluding carboxylic acids is 1. The van der Waals surface area contributed by atoms with Crippen LogP contribution in [0.25, 0.3) is 11.0 Å². The predicted octanol–water partition coefficient (Wildman–Crippen LogP) is 0.472. The lowest BCUT2D eigenvalue weighted by molar-refractivity contribution is -0.682. The Hall–Kier alpha value is -1.24. The monoisotopic (exact) mass is 457 g/mol. The van der Waals surface area contributed by atoms with Gasteiger partial charge in [0, 0.05) is 17.6 Å². The lowest BCUT2D eigenvalue weighted by atomic mass is 10.1. The molecule has 0 N–H and O–H groups in total. The second-order valence-electron chi connectivity index (χ2n) is 5.16. The molecule has 0 bridgehead atoms. The van der Waals surface area contributed by atoms with Crippen LogP contribution in [0.4, 0.5) is 0 Å². The van der Waals surface area contributed by atoms with Gasteiger partial charge in [-0.25, -0.2) is 4.98 Å². The second kappa shape index (κ2) is 7.11. The predicted molar refractivity (Wildman–Crippen MR) is 89.1 cm³/mol. The first-order valence-corrected chi connectivity index (χ1v) is 7.93. The van der Waals surface area contributed by atoms with Crippen LogP contribution in [0.1, 0.15) is 16.2 Å². The number of benzene rings is 1. The molecule has 0 fully saturated rings. The number of carbonyl (C=O) groups is 1. The van der Waals surface area contributed by atoms with E-state index in [2.05, 4.69) is 20.9 Å². The van der Waals surface area contributed by atoms with Crippen LogP contribution in [0.2, 0.25) is 5.02 Å². The van der Waals surface area contributed by atoms with Gasteiger partial charge in [0.25, 0.3) is 0 Å². The maximum absolute atomic E-state index is 12.3. The Morgan fingerprint density at radius 2 is 1.96 bits per heavy atom. The van der Waals surface area contributed by atoms with E-state index in [0.29, 0.717) is 10.6 Å². The van der Waals surface area contributed by atoms with E-state index in [1.54, 1.807) is 24.3 Å². The van der Waals surface area contributed by atoms with Gasteiger partial charge in [0.05, 0.1) is 5.52 Å². The van der Waals surface area contributed by atoms with Gasteiger partial charge >= 0.3 is 0 Å². The number of hydrogen-bond acceptors (Lipinski definition) is 2. The number of nitrogens with zero attached hydrogens (tertiary/aromatic N) is 3. The molecule has 1 aromatic carbocycles. The van der Waals surface area contributed by atoms with Gasteiger partial charge in [-0.1, -0.05) is 11.6 Å². The molecule has 0 saturated heterocycles. The largest absolute Gasteiger partial charge is 1.00 e. The molecule has 0 aliphatic heterocycles. The maximum atomic E-state index is 12.3. The Bertz CT molecular complexity index is 875. The Kier molecular flexibility index (Phi) is 5.60. The Balaban J connectivity index is 0.00000192. The number of hydrogen-bond donors (Lipinski definition) is 0. The molecular formula is C16H14Br2ClN3O. The van der Waals surface area contributed by atoms with Gasteiger partial charge in [0.1, 0.15) is 10.3 Å². The third-order valence-electron chi connectivity index (χ3n) is 3.63. The average Bonchev–Trinajstić information content (AvgIpc) is 2.75. The molecule has 0 unspecified atom stereocenters. The number of rotatable bonds is 3. The third kappa shape index (κ3) is 3.65. The van der Waals surface area contributed by atoms with Crippen molar-refractivity contribution < 1.29 is 26.3 Å². The summed E-state index contributed by atoms with van der Waals surface area (Å²) < 4.78 is 4.78. The zero-order chi connectivity index (χ0) is 15.9. The van der Waals surface area contributed by atoms with Gasteiger partial charge in [-0.3, -0.25) is 4.79 Å². The number of fused-ring (bicyclic) bond motifs is 1. The van der Waals surface area contributed by atoms with Gasteiger partial charge in [-0.2, -0.15) is 4.57 Å². The Labute approximate surface area is 158 Å². The number of imidazole rings is 1. The number of pyridine rings is 1. The molecule has 0 spiro atoms. The zero-order valence-corrected chi connectivity index (χ0v) is 16.5. The van der Waals surface area contributed by atoms with E-state index < -0.39 is 0 Å². The van der Waals surface area contributed by atoms with E-state index >= 15 is 0 Å². The fraction of sp³-hybridized carbons (Fsp3) is 0.188. The zero-order valence-electron chi connectivity index (χ0n) is 12.6. The number of aromatic nitrogens is 3. The van der Waals surface area contributed by atoms with Crippen molar-refractivity contribution in [2.45, 2.75) is 13.5 Å². The summed E-state index contributed by atoms with van der Waals surface area (Å²) in [6.45, 7) is 2.21. The Morgan fingerprint density at radius 3 is 2.61 bits per heavy atom. The molecule has 0 amide bonds. The highest BCUT2D eigenvalue weighted by atomic mass is 79.9. The van der Waals surface area contributed by atoms with E-state index in [4.69, 9.17) is 11.6 Å². The normalized spacial score (nSPS) is 10.6. The molecule has 3 aromatic rings. The summed E-state index contributed by atoms with van der Waals surface area (Å²) in [6.07, 6.45) is 3.79. The van der Waals surface area contributed by atoms with E-state index in [1.165, 1.54) is 0 Å². The van der Waals surface area contributed by atoms with E-state index in [0.717, 1.165) is 21.3 Å². The Morgan fingerprint density at radius 1 is 1.30 bits per heavy atom. The molecule has 2 heterocycles. The van der Waals surface area contributed by atoms with Crippen molar-refractivity contribution in [3.05, 3.63) is 57.5 Å². The average molecular weight is 460 g/mol. The molecule has 0 atom stereocenters. The summed E-state index contributed by atoms with van der Waals surface area (Å²) in [5.41, 5.74) is 2.52. The minimum absolute atomic E-state index is 0. The van der Waals surface area contributed by atoms with Gasteiger partial charge in [0.15, 0.2) is 17.9 Å². The summed E-state index contributed by atoms with van der Waals surface area (Å²) in [6, 6.07) is 6.93. The summed E-state index contributed by atoms with van der Waals surface area (Å²) in [4.78, 5) is 16.8. The van der Waals surface area contributed by atoms with E-state index in [9.17, 15) is 4.79 Å². The SMILES string of the molecule is Cc1nc2c[n+](CC(=O)c3ccc(Cl)cc3)cc(Br)c2n1C.[Br-]. The molecule has 23 heavy (non-hydrogen) atoms. The molecule has 7 heteroatoms. The van der Waals surface area contributed by atoms with Crippen LogP contribution in [0.3, 0.4) is 0 Å².